The van der Waals surface area contributed by atoms with Crippen molar-refractivity contribution in [3.8, 4) is 5.75 Å². The lowest BCUT2D eigenvalue weighted by atomic mass is 10.2. The molecule has 3 nitrogen and oxygen atoms in total. The fourth-order valence-corrected chi connectivity index (χ4v) is 1.53. The molecule has 0 aliphatic rings. The van der Waals surface area contributed by atoms with Crippen LogP contribution in [0.3, 0.4) is 0 Å². The Kier molecular flexibility index (Phi) is 5.43. The Morgan fingerprint density at radius 3 is 2.88 bits per heavy atom. The Morgan fingerprint density at radius 1 is 1.50 bits per heavy atom. The zero-order valence-electron chi connectivity index (χ0n) is 8.93. The Balaban J connectivity index is 2.76. The molecule has 1 amide bonds. The maximum atomic E-state index is 11.8. The van der Waals surface area contributed by atoms with Crippen LogP contribution in [0.2, 0.25) is 5.02 Å². The summed E-state index contributed by atoms with van der Waals surface area (Å²) in [6.45, 7) is 0.540. The molecule has 0 radical (unpaired) electrons. The topological polar surface area (TPSA) is 38.3 Å². The van der Waals surface area contributed by atoms with Gasteiger partial charge in [-0.2, -0.15) is 0 Å². The van der Waals surface area contributed by atoms with Crippen molar-refractivity contribution in [3.05, 3.63) is 28.8 Å². The SMILES string of the molecule is COc1ccc(Cl)cc1C(=O)NCCCCl. The third-order valence-corrected chi connectivity index (χ3v) is 2.50. The molecule has 0 fully saturated rings. The zero-order valence-corrected chi connectivity index (χ0v) is 10.4. The molecule has 0 atom stereocenters. The van der Waals surface area contributed by atoms with Gasteiger partial charge in [0.05, 0.1) is 12.7 Å². The van der Waals surface area contributed by atoms with Crippen LogP contribution in [0.5, 0.6) is 5.75 Å². The predicted octanol–water partition coefficient (Wildman–Crippen LogP) is 2.71. The van der Waals surface area contributed by atoms with Gasteiger partial charge in [-0.25, -0.2) is 0 Å². The Hall–Kier alpha value is -0.930. The largest absolute Gasteiger partial charge is 0.496 e. The zero-order chi connectivity index (χ0) is 12.0. The third kappa shape index (κ3) is 3.58. The van der Waals surface area contributed by atoms with Crippen LogP contribution in [0.15, 0.2) is 18.2 Å². The minimum atomic E-state index is -0.204. The molecule has 88 valence electrons. The van der Waals surface area contributed by atoms with Gasteiger partial charge in [0, 0.05) is 17.4 Å². The highest BCUT2D eigenvalue weighted by Crippen LogP contribution is 2.22. The highest BCUT2D eigenvalue weighted by Gasteiger charge is 2.11. The van der Waals surface area contributed by atoms with Crippen molar-refractivity contribution >= 4 is 29.1 Å². The van der Waals surface area contributed by atoms with E-state index in [2.05, 4.69) is 5.32 Å². The molecule has 1 N–H and O–H groups in total. The summed E-state index contributed by atoms with van der Waals surface area (Å²) in [5.74, 6) is 0.824. The third-order valence-electron chi connectivity index (χ3n) is 2.00. The van der Waals surface area contributed by atoms with E-state index in [0.717, 1.165) is 6.42 Å². The lowest BCUT2D eigenvalue weighted by Gasteiger charge is -2.09. The quantitative estimate of drug-likeness (QED) is 0.654. The molecule has 1 aromatic carbocycles. The maximum absolute atomic E-state index is 11.8. The maximum Gasteiger partial charge on any atom is 0.255 e. The molecule has 0 bridgehead atoms. The van der Waals surface area contributed by atoms with Gasteiger partial charge in [0.1, 0.15) is 5.75 Å². The van der Waals surface area contributed by atoms with Gasteiger partial charge < -0.3 is 10.1 Å². The van der Waals surface area contributed by atoms with Crippen LogP contribution in [0.4, 0.5) is 0 Å². The molecule has 0 saturated heterocycles. The van der Waals surface area contributed by atoms with E-state index in [4.69, 9.17) is 27.9 Å². The molecule has 0 saturated carbocycles. The van der Waals surface area contributed by atoms with Gasteiger partial charge in [0.15, 0.2) is 0 Å². The van der Waals surface area contributed by atoms with Crippen molar-refractivity contribution in [1.29, 1.82) is 0 Å². The van der Waals surface area contributed by atoms with Crippen molar-refractivity contribution in [1.82, 2.24) is 5.32 Å². The molecular weight excluding hydrogens is 249 g/mol. The number of alkyl halides is 1. The minimum absolute atomic E-state index is 0.204. The normalized spacial score (nSPS) is 9.94. The van der Waals surface area contributed by atoms with Gasteiger partial charge >= 0.3 is 0 Å². The van der Waals surface area contributed by atoms with E-state index >= 15 is 0 Å². The van der Waals surface area contributed by atoms with Gasteiger partial charge in [0.2, 0.25) is 0 Å². The predicted molar refractivity (Wildman–Crippen MR) is 65.7 cm³/mol. The molecule has 0 unspecified atom stereocenters. The Bertz CT molecular complexity index is 369. The van der Waals surface area contributed by atoms with E-state index in [-0.39, 0.29) is 5.91 Å². The second-order valence-electron chi connectivity index (χ2n) is 3.14. The fourth-order valence-electron chi connectivity index (χ4n) is 1.22. The number of rotatable bonds is 5. The summed E-state index contributed by atoms with van der Waals surface area (Å²) in [6.07, 6.45) is 0.732. The summed E-state index contributed by atoms with van der Waals surface area (Å²) in [5, 5.41) is 3.24. The number of ether oxygens (including phenoxy) is 1. The van der Waals surface area contributed by atoms with E-state index in [9.17, 15) is 4.79 Å². The van der Waals surface area contributed by atoms with Gasteiger partial charge in [-0.05, 0) is 24.6 Å². The van der Waals surface area contributed by atoms with E-state index in [1.54, 1.807) is 18.2 Å². The standard InChI is InChI=1S/C11H13Cl2NO2/c1-16-10-4-3-8(13)7-9(10)11(15)14-6-2-5-12/h3-4,7H,2,5-6H2,1H3,(H,14,15). The van der Waals surface area contributed by atoms with Gasteiger partial charge in [-0.15, -0.1) is 11.6 Å². The second kappa shape index (κ2) is 6.61. The highest BCUT2D eigenvalue weighted by molar-refractivity contribution is 6.31. The molecule has 16 heavy (non-hydrogen) atoms. The summed E-state index contributed by atoms with van der Waals surface area (Å²) < 4.78 is 5.08. The van der Waals surface area contributed by atoms with Crippen LogP contribution in [-0.4, -0.2) is 25.4 Å². The first-order valence-electron chi connectivity index (χ1n) is 4.86. The van der Waals surface area contributed by atoms with E-state index in [0.29, 0.717) is 28.8 Å². The number of hydrogen-bond donors (Lipinski definition) is 1. The van der Waals surface area contributed by atoms with Crippen LogP contribution in [0.25, 0.3) is 0 Å². The lowest BCUT2D eigenvalue weighted by molar-refractivity contribution is 0.0951. The lowest BCUT2D eigenvalue weighted by Crippen LogP contribution is -2.25. The van der Waals surface area contributed by atoms with Crippen molar-refractivity contribution < 1.29 is 9.53 Å². The average Bonchev–Trinajstić information content (AvgIpc) is 2.29. The molecule has 1 aromatic rings. The van der Waals surface area contributed by atoms with Crippen molar-refractivity contribution in [3.63, 3.8) is 0 Å². The monoisotopic (exact) mass is 261 g/mol. The molecule has 0 heterocycles. The van der Waals surface area contributed by atoms with E-state index in [1.807, 2.05) is 0 Å². The van der Waals surface area contributed by atoms with Crippen LogP contribution in [0.1, 0.15) is 16.8 Å². The first-order valence-corrected chi connectivity index (χ1v) is 5.78. The summed E-state index contributed by atoms with van der Waals surface area (Å²) in [7, 11) is 1.51. The second-order valence-corrected chi connectivity index (χ2v) is 3.96. The molecule has 0 aromatic heterocycles. The summed E-state index contributed by atoms with van der Waals surface area (Å²) in [5.41, 5.74) is 0.435. The number of hydrogen-bond acceptors (Lipinski definition) is 2. The van der Waals surface area contributed by atoms with Gasteiger partial charge in [0.25, 0.3) is 5.91 Å². The Labute approximate surface area is 105 Å². The summed E-state index contributed by atoms with van der Waals surface area (Å²) in [6, 6.07) is 4.92. The Morgan fingerprint density at radius 2 is 2.25 bits per heavy atom. The average molecular weight is 262 g/mol. The number of benzene rings is 1. The number of carbonyl (C=O) groups is 1. The van der Waals surface area contributed by atoms with Crippen LogP contribution >= 0.6 is 23.2 Å². The summed E-state index contributed by atoms with van der Waals surface area (Å²) in [4.78, 5) is 11.8. The number of methoxy groups -OCH3 is 1. The van der Waals surface area contributed by atoms with Crippen molar-refractivity contribution in [2.45, 2.75) is 6.42 Å². The fraction of sp³-hybridized carbons (Fsp3) is 0.364. The molecule has 1 rings (SSSR count). The number of amides is 1. The number of halogens is 2. The first kappa shape index (κ1) is 13.1. The molecular formula is C11H13Cl2NO2. The van der Waals surface area contributed by atoms with E-state index in [1.165, 1.54) is 7.11 Å². The van der Waals surface area contributed by atoms with Crippen LogP contribution in [-0.2, 0) is 0 Å². The smallest absolute Gasteiger partial charge is 0.255 e. The van der Waals surface area contributed by atoms with Crippen molar-refractivity contribution in [2.75, 3.05) is 19.5 Å². The molecule has 5 heteroatoms. The van der Waals surface area contributed by atoms with E-state index < -0.39 is 0 Å². The minimum Gasteiger partial charge on any atom is -0.496 e. The van der Waals surface area contributed by atoms with Crippen LogP contribution < -0.4 is 10.1 Å². The number of nitrogens with one attached hydrogen (secondary N) is 1. The molecule has 0 spiro atoms. The number of carbonyl (C=O) groups excluding carboxylic acids is 1. The molecule has 0 aliphatic heterocycles. The summed E-state index contributed by atoms with van der Waals surface area (Å²) >= 11 is 11.3. The highest BCUT2D eigenvalue weighted by atomic mass is 35.5. The van der Waals surface area contributed by atoms with Crippen molar-refractivity contribution in [2.24, 2.45) is 0 Å². The first-order chi connectivity index (χ1) is 7.69. The molecule has 0 aliphatic carbocycles. The van der Waals surface area contributed by atoms with Gasteiger partial charge in [-0.1, -0.05) is 11.6 Å². The van der Waals surface area contributed by atoms with Gasteiger partial charge in [-0.3, -0.25) is 4.79 Å². The van der Waals surface area contributed by atoms with Crippen LogP contribution in [0, 0.1) is 0 Å².